The Morgan fingerprint density at radius 3 is 2.05 bits per heavy atom. The Hall–Kier alpha value is -6.68. The maximum atomic E-state index is 12.6. The minimum absolute atomic E-state index is 0.192. The minimum Gasteiger partial charge on any atom is -0.507 e. The summed E-state index contributed by atoms with van der Waals surface area (Å²) < 4.78 is 5.43. The highest BCUT2D eigenvalue weighted by Gasteiger charge is 2.30. The standard InChI is InChI=1S/C55H52N6OSSi/c1-54(2,3)38-30-43(50(62)44(31-38)55(4,5)6)52-58-49-40(21-16-22-47(49)61(52)46-24-23-39(64(7,8)9)32-41(46)35-19-14-11-15-20-35)42-27-37(29-48-51(42)63-53-59-57-33-60(48)53)45-28-36(25-26-56-45)34-17-12-10-13-18-34/h10-33,62H,1-9H3. The fourth-order valence-electron chi connectivity index (χ4n) is 8.79. The normalized spacial score (nSPS) is 12.5. The Balaban J connectivity index is 1.31. The molecule has 7 nitrogen and oxygen atoms in total. The van der Waals surface area contributed by atoms with Crippen LogP contribution in [-0.2, 0) is 10.8 Å². The van der Waals surface area contributed by atoms with E-state index in [-0.39, 0.29) is 16.6 Å². The zero-order valence-corrected chi connectivity index (χ0v) is 39.7. The number of nitrogens with zero attached hydrogens (tertiary/aromatic N) is 6. The molecule has 0 bridgehead atoms. The first-order valence-electron chi connectivity index (χ1n) is 21.9. The zero-order chi connectivity index (χ0) is 44.7. The lowest BCUT2D eigenvalue weighted by atomic mass is 9.79. The van der Waals surface area contributed by atoms with Crippen molar-refractivity contribution in [3.8, 4) is 67.5 Å². The second-order valence-electron chi connectivity index (χ2n) is 20.0. The summed E-state index contributed by atoms with van der Waals surface area (Å²) in [6, 6.07) is 47.6. The van der Waals surface area contributed by atoms with Crippen molar-refractivity contribution < 1.29 is 5.11 Å². The van der Waals surface area contributed by atoms with E-state index in [4.69, 9.17) is 9.97 Å². The molecule has 0 spiro atoms. The first kappa shape index (κ1) is 41.3. The van der Waals surface area contributed by atoms with Crippen LogP contribution in [0.1, 0.15) is 52.7 Å². The number of thiazole rings is 1. The van der Waals surface area contributed by atoms with Gasteiger partial charge in [0.25, 0.3) is 0 Å². The molecular weight excluding hydrogens is 821 g/mol. The molecule has 0 aliphatic rings. The lowest BCUT2D eigenvalue weighted by Gasteiger charge is -2.28. The molecule has 1 N–H and O–H groups in total. The van der Waals surface area contributed by atoms with Gasteiger partial charge in [-0.05, 0) is 75.5 Å². The van der Waals surface area contributed by atoms with E-state index in [0.717, 1.165) is 87.7 Å². The Morgan fingerprint density at radius 1 is 0.609 bits per heavy atom. The molecule has 64 heavy (non-hydrogen) atoms. The number of pyridine rings is 1. The number of rotatable bonds is 7. The van der Waals surface area contributed by atoms with E-state index in [0.29, 0.717) is 11.4 Å². The highest BCUT2D eigenvalue weighted by Crippen LogP contribution is 2.47. The molecule has 0 aliphatic heterocycles. The van der Waals surface area contributed by atoms with Crippen LogP contribution in [0.2, 0.25) is 19.6 Å². The van der Waals surface area contributed by atoms with Crippen LogP contribution in [0.5, 0.6) is 5.75 Å². The average molecular weight is 873 g/mol. The van der Waals surface area contributed by atoms with Crippen molar-refractivity contribution in [2.24, 2.45) is 0 Å². The van der Waals surface area contributed by atoms with E-state index in [1.165, 1.54) is 5.19 Å². The molecule has 10 aromatic rings. The smallest absolute Gasteiger partial charge is 0.217 e. The van der Waals surface area contributed by atoms with Gasteiger partial charge in [-0.15, -0.1) is 10.2 Å². The number of aromatic hydroxyl groups is 1. The summed E-state index contributed by atoms with van der Waals surface area (Å²) in [4.78, 5) is 11.5. The minimum atomic E-state index is -1.73. The van der Waals surface area contributed by atoms with E-state index in [2.05, 4.69) is 208 Å². The molecule has 0 fully saturated rings. The molecule has 0 amide bonds. The van der Waals surface area contributed by atoms with Crippen LogP contribution in [0.4, 0.5) is 0 Å². The summed E-state index contributed by atoms with van der Waals surface area (Å²) in [5.41, 5.74) is 14.3. The monoisotopic (exact) mass is 872 g/mol. The second kappa shape index (κ2) is 15.2. The molecule has 0 radical (unpaired) electrons. The van der Waals surface area contributed by atoms with Gasteiger partial charge in [0.15, 0.2) is 0 Å². The number of phenols is 1. The van der Waals surface area contributed by atoms with Gasteiger partial charge in [-0.2, -0.15) is 0 Å². The zero-order valence-electron chi connectivity index (χ0n) is 37.9. The summed E-state index contributed by atoms with van der Waals surface area (Å²) in [7, 11) is -1.73. The lowest BCUT2D eigenvalue weighted by molar-refractivity contribution is 0.446. The van der Waals surface area contributed by atoms with Gasteiger partial charge in [-0.25, -0.2) is 4.98 Å². The fourth-order valence-corrected chi connectivity index (χ4v) is 11.0. The molecule has 318 valence electrons. The van der Waals surface area contributed by atoms with Crippen molar-refractivity contribution in [3.63, 3.8) is 0 Å². The third-order valence-electron chi connectivity index (χ3n) is 12.4. The number of hydrogen-bond donors (Lipinski definition) is 1. The second-order valence-corrected chi connectivity index (χ2v) is 26.0. The Labute approximate surface area is 379 Å². The van der Waals surface area contributed by atoms with Crippen molar-refractivity contribution in [2.75, 3.05) is 0 Å². The molecule has 4 aromatic heterocycles. The van der Waals surface area contributed by atoms with Crippen molar-refractivity contribution in [1.82, 2.24) is 29.1 Å². The van der Waals surface area contributed by atoms with E-state index in [1.54, 1.807) is 17.7 Å². The Kier molecular flexibility index (Phi) is 9.85. The number of aromatic nitrogens is 6. The first-order chi connectivity index (χ1) is 30.5. The predicted octanol–water partition coefficient (Wildman–Crippen LogP) is 13.9. The van der Waals surface area contributed by atoms with E-state index in [1.807, 2.05) is 12.3 Å². The van der Waals surface area contributed by atoms with Crippen LogP contribution < -0.4 is 5.19 Å². The largest absolute Gasteiger partial charge is 0.507 e. The summed E-state index contributed by atoms with van der Waals surface area (Å²) in [6.45, 7) is 20.4. The van der Waals surface area contributed by atoms with Crippen LogP contribution in [0, 0.1) is 0 Å². The van der Waals surface area contributed by atoms with E-state index in [9.17, 15) is 5.11 Å². The number of fused-ring (bicyclic) bond motifs is 4. The number of para-hydroxylation sites is 1. The van der Waals surface area contributed by atoms with Crippen molar-refractivity contribution in [2.45, 2.75) is 72.0 Å². The molecular formula is C55H52N6OSSi. The summed E-state index contributed by atoms with van der Waals surface area (Å²) in [5, 5.41) is 22.7. The maximum absolute atomic E-state index is 12.6. The van der Waals surface area contributed by atoms with Gasteiger partial charge in [-0.3, -0.25) is 14.0 Å². The fraction of sp³-hybridized carbons (Fsp3) is 0.200. The Morgan fingerprint density at radius 2 is 1.34 bits per heavy atom. The van der Waals surface area contributed by atoms with Gasteiger partial charge in [0.2, 0.25) is 4.96 Å². The molecule has 0 saturated carbocycles. The maximum Gasteiger partial charge on any atom is 0.217 e. The van der Waals surface area contributed by atoms with Gasteiger partial charge in [0.1, 0.15) is 17.9 Å². The third kappa shape index (κ3) is 7.22. The molecule has 0 atom stereocenters. The van der Waals surface area contributed by atoms with E-state index < -0.39 is 8.07 Å². The van der Waals surface area contributed by atoms with Gasteiger partial charge < -0.3 is 5.11 Å². The summed E-state index contributed by atoms with van der Waals surface area (Å²) >= 11 is 1.62. The van der Waals surface area contributed by atoms with Gasteiger partial charge in [0, 0.05) is 34.0 Å². The topological polar surface area (TPSA) is 81.1 Å². The summed E-state index contributed by atoms with van der Waals surface area (Å²) in [5.74, 6) is 0.934. The highest BCUT2D eigenvalue weighted by molar-refractivity contribution is 7.24. The predicted molar refractivity (Wildman–Crippen MR) is 270 cm³/mol. The summed E-state index contributed by atoms with van der Waals surface area (Å²) in [6.07, 6.45) is 3.68. The molecule has 0 aliphatic carbocycles. The average Bonchev–Trinajstić information content (AvgIpc) is 4.00. The third-order valence-corrected chi connectivity index (χ3v) is 15.5. The molecule has 0 saturated heterocycles. The van der Waals surface area contributed by atoms with E-state index >= 15 is 0 Å². The SMILES string of the molecule is CC(C)(C)c1cc(-c2nc3c(-c4cc(-c5cc(-c6ccccc6)ccn5)cc5c4sc4nncn45)cccc3n2-c2ccc([Si](C)(C)C)cc2-c2ccccc2)c(O)c(C(C)(C)C)c1. The first-order valence-corrected chi connectivity index (χ1v) is 26.2. The number of hydrogen-bond acceptors (Lipinski definition) is 6. The number of phenolic OH excluding ortho intramolecular Hbond substituents is 1. The highest BCUT2D eigenvalue weighted by atomic mass is 32.1. The van der Waals surface area contributed by atoms with Crippen LogP contribution in [0.25, 0.3) is 87.9 Å². The van der Waals surface area contributed by atoms with Crippen LogP contribution in [0.15, 0.2) is 146 Å². The number of benzene rings is 6. The molecule has 9 heteroatoms. The molecule has 6 aromatic carbocycles. The quantitative estimate of drug-likeness (QED) is 0.161. The Bertz CT molecular complexity index is 3400. The van der Waals surface area contributed by atoms with Gasteiger partial charge in [0.05, 0.1) is 46.3 Å². The van der Waals surface area contributed by atoms with Crippen LogP contribution in [-0.4, -0.2) is 42.3 Å². The van der Waals surface area contributed by atoms with Gasteiger partial charge >= 0.3 is 0 Å². The van der Waals surface area contributed by atoms with Crippen molar-refractivity contribution in [1.29, 1.82) is 0 Å². The lowest BCUT2D eigenvalue weighted by Crippen LogP contribution is -2.37. The van der Waals surface area contributed by atoms with Crippen LogP contribution in [0.3, 0.4) is 0 Å². The molecule has 10 rings (SSSR count). The molecule has 0 unspecified atom stereocenters. The number of imidazole rings is 1. The van der Waals surface area contributed by atoms with Crippen LogP contribution >= 0.6 is 11.3 Å². The molecule has 4 heterocycles. The van der Waals surface area contributed by atoms with Crippen molar-refractivity contribution >= 4 is 50.8 Å². The van der Waals surface area contributed by atoms with Crippen molar-refractivity contribution in [3.05, 3.63) is 157 Å². The van der Waals surface area contributed by atoms with Gasteiger partial charge in [-0.1, -0.05) is 169 Å².